The highest BCUT2D eigenvalue weighted by molar-refractivity contribution is 5.58. The number of nitrogens with one attached hydrogen (secondary N) is 1. The first-order valence-corrected chi connectivity index (χ1v) is 11.3. The molecule has 0 saturated heterocycles. The van der Waals surface area contributed by atoms with Gasteiger partial charge in [0.2, 0.25) is 5.95 Å². The van der Waals surface area contributed by atoms with E-state index < -0.39 is 29.5 Å². The molecule has 0 bridgehead atoms. The molecule has 198 valence electrons. The topological polar surface area (TPSA) is 89.2 Å². The second kappa shape index (κ2) is 10.4. The van der Waals surface area contributed by atoms with Crippen molar-refractivity contribution in [2.75, 3.05) is 36.2 Å². The molecule has 3 aromatic rings. The van der Waals surface area contributed by atoms with Gasteiger partial charge in [0.15, 0.2) is 0 Å². The lowest BCUT2D eigenvalue weighted by Gasteiger charge is -2.32. The maximum absolute atomic E-state index is 13.8. The lowest BCUT2D eigenvalue weighted by atomic mass is 10.0. The second-order valence-electron chi connectivity index (χ2n) is 8.51. The van der Waals surface area contributed by atoms with Crippen LogP contribution in [0.2, 0.25) is 0 Å². The Balaban J connectivity index is 1.65. The first-order valence-electron chi connectivity index (χ1n) is 11.3. The van der Waals surface area contributed by atoms with Crippen molar-refractivity contribution in [3.8, 4) is 0 Å². The molecule has 0 fully saturated rings. The van der Waals surface area contributed by atoms with Crippen LogP contribution in [0.3, 0.4) is 0 Å². The van der Waals surface area contributed by atoms with Gasteiger partial charge in [-0.25, -0.2) is 9.97 Å². The van der Waals surface area contributed by atoms with Crippen molar-refractivity contribution in [2.24, 2.45) is 0 Å². The minimum Gasteiger partial charge on any atom is -0.385 e. The van der Waals surface area contributed by atoms with Gasteiger partial charge in [-0.05, 0) is 49.2 Å². The molecule has 1 aliphatic rings. The average Bonchev–Trinajstić information content (AvgIpc) is 3.01. The van der Waals surface area contributed by atoms with Gasteiger partial charge in [-0.2, -0.15) is 31.3 Å². The number of anilines is 4. The highest BCUT2D eigenvalue weighted by Gasteiger charge is 2.38. The summed E-state index contributed by atoms with van der Waals surface area (Å²) in [6.45, 7) is 0.489. The Morgan fingerprint density at radius 1 is 1.05 bits per heavy atom. The summed E-state index contributed by atoms with van der Waals surface area (Å²) in [6.07, 6.45) is -6.83. The van der Waals surface area contributed by atoms with Crippen LogP contribution >= 0.6 is 0 Å². The van der Waals surface area contributed by atoms with Gasteiger partial charge in [-0.1, -0.05) is 0 Å². The van der Waals surface area contributed by atoms with E-state index in [-0.39, 0.29) is 37.0 Å². The van der Waals surface area contributed by atoms with E-state index in [0.717, 1.165) is 18.2 Å². The number of nitrogens with zero attached hydrogens (tertiary/aromatic N) is 4. The monoisotopic (exact) mass is 526 g/mol. The molecule has 0 radical (unpaired) electrons. The summed E-state index contributed by atoms with van der Waals surface area (Å²) in [5.74, 6) is 0.0335. The number of pyridine rings is 1. The fourth-order valence-corrected chi connectivity index (χ4v) is 4.30. The molecule has 1 unspecified atom stereocenters. The highest BCUT2D eigenvalue weighted by atomic mass is 19.4. The second-order valence-corrected chi connectivity index (χ2v) is 8.51. The van der Waals surface area contributed by atoms with E-state index in [9.17, 15) is 26.3 Å². The lowest BCUT2D eigenvalue weighted by Crippen LogP contribution is -2.39. The summed E-state index contributed by atoms with van der Waals surface area (Å²) in [4.78, 5) is 14.4. The number of halogens is 6. The van der Waals surface area contributed by atoms with Gasteiger partial charge >= 0.3 is 12.4 Å². The zero-order valence-corrected chi connectivity index (χ0v) is 19.7. The van der Waals surface area contributed by atoms with Crippen LogP contribution in [0.5, 0.6) is 0 Å². The molecule has 0 amide bonds. The lowest BCUT2D eigenvalue weighted by molar-refractivity contribution is -0.138. The number of nitrogens with two attached hydrogens (primary N) is 1. The highest BCUT2D eigenvalue weighted by Crippen LogP contribution is 2.38. The molecule has 3 heterocycles. The maximum Gasteiger partial charge on any atom is 0.419 e. The molecule has 13 heteroatoms. The third-order valence-electron chi connectivity index (χ3n) is 6.08. The Bertz CT molecular complexity index is 1230. The summed E-state index contributed by atoms with van der Waals surface area (Å²) in [5, 5.41) is 2.85. The SMILES string of the molecule is COCCC1Cc2nc(Nc3ccc(C(F)(F)F)cc3)nc(N)c2CCN1c1ncccc1C(F)(F)F. The van der Waals surface area contributed by atoms with E-state index in [1.165, 1.54) is 31.5 Å². The van der Waals surface area contributed by atoms with E-state index in [1.54, 1.807) is 4.90 Å². The number of aromatic nitrogens is 3. The van der Waals surface area contributed by atoms with Crippen LogP contribution in [-0.4, -0.2) is 41.3 Å². The van der Waals surface area contributed by atoms with Crippen LogP contribution in [0.1, 0.15) is 28.8 Å². The first kappa shape index (κ1) is 26.5. The van der Waals surface area contributed by atoms with E-state index >= 15 is 0 Å². The van der Waals surface area contributed by atoms with Crippen molar-refractivity contribution < 1.29 is 31.1 Å². The standard InChI is InChI=1S/C24H24F6N6O/c1-37-12-9-16-13-19-17(8-11-36(16)21-18(24(28,29)30)3-2-10-32-21)20(31)35-22(34-19)33-15-6-4-14(5-7-15)23(25,26)27/h2-7,10,16H,8-9,11-13H2,1H3,(H3,31,33,34,35). The Kier molecular flexibility index (Phi) is 7.44. The summed E-state index contributed by atoms with van der Waals surface area (Å²) in [7, 11) is 1.50. The maximum atomic E-state index is 13.8. The largest absolute Gasteiger partial charge is 0.419 e. The number of methoxy groups -OCH3 is 1. The Morgan fingerprint density at radius 3 is 2.43 bits per heavy atom. The third-order valence-corrected chi connectivity index (χ3v) is 6.08. The molecule has 1 aromatic carbocycles. The molecular formula is C24H24F6N6O. The van der Waals surface area contributed by atoms with Gasteiger partial charge in [0.1, 0.15) is 11.6 Å². The van der Waals surface area contributed by atoms with Crippen LogP contribution < -0.4 is 16.0 Å². The zero-order valence-electron chi connectivity index (χ0n) is 19.7. The molecule has 1 atom stereocenters. The van der Waals surface area contributed by atoms with Crippen molar-refractivity contribution in [1.82, 2.24) is 15.0 Å². The Labute approximate surface area is 208 Å². The summed E-state index contributed by atoms with van der Waals surface area (Å²) >= 11 is 0. The van der Waals surface area contributed by atoms with E-state index in [4.69, 9.17) is 10.5 Å². The number of benzene rings is 1. The van der Waals surface area contributed by atoms with Crippen LogP contribution in [-0.2, 0) is 29.9 Å². The quantitative estimate of drug-likeness (QED) is 0.425. The van der Waals surface area contributed by atoms with Gasteiger partial charge in [0, 0.05) is 50.2 Å². The molecule has 3 N–H and O–H groups in total. The Morgan fingerprint density at radius 2 is 1.78 bits per heavy atom. The molecule has 1 aliphatic heterocycles. The smallest absolute Gasteiger partial charge is 0.385 e. The number of ether oxygens (including phenoxy) is 1. The van der Waals surface area contributed by atoms with Crippen LogP contribution in [0.4, 0.5) is 49.6 Å². The first-order chi connectivity index (χ1) is 17.5. The van der Waals surface area contributed by atoms with Crippen LogP contribution in [0, 0.1) is 0 Å². The number of hydrogen-bond acceptors (Lipinski definition) is 7. The average molecular weight is 526 g/mol. The summed E-state index contributed by atoms with van der Waals surface area (Å²) in [5.41, 5.74) is 6.02. The number of rotatable bonds is 6. The summed E-state index contributed by atoms with van der Waals surface area (Å²) in [6, 6.07) is 6.15. The molecule has 7 nitrogen and oxygen atoms in total. The van der Waals surface area contributed by atoms with Gasteiger partial charge < -0.3 is 20.7 Å². The Hall–Kier alpha value is -3.61. The minimum absolute atomic E-state index is 0.0729. The van der Waals surface area contributed by atoms with Crippen LogP contribution in [0.25, 0.3) is 0 Å². The minimum atomic E-state index is -4.59. The number of alkyl halides is 6. The van der Waals surface area contributed by atoms with Crippen molar-refractivity contribution in [1.29, 1.82) is 0 Å². The summed E-state index contributed by atoms with van der Waals surface area (Å²) < 4.78 is 85.0. The van der Waals surface area contributed by atoms with Crippen molar-refractivity contribution in [3.05, 3.63) is 65.0 Å². The molecular weight excluding hydrogens is 502 g/mol. The van der Waals surface area contributed by atoms with E-state index in [1.807, 2.05) is 0 Å². The molecule has 0 spiro atoms. The van der Waals surface area contributed by atoms with Crippen LogP contribution in [0.15, 0.2) is 42.6 Å². The molecule has 37 heavy (non-hydrogen) atoms. The van der Waals surface area contributed by atoms with Gasteiger partial charge in [-0.3, -0.25) is 0 Å². The predicted octanol–water partition coefficient (Wildman–Crippen LogP) is 5.25. The zero-order chi connectivity index (χ0) is 26.8. The molecule has 0 saturated carbocycles. The third kappa shape index (κ3) is 6.04. The van der Waals surface area contributed by atoms with Gasteiger partial charge in [-0.15, -0.1) is 0 Å². The molecule has 4 rings (SSSR count). The molecule has 2 aromatic heterocycles. The number of nitrogen functional groups attached to an aromatic ring is 1. The van der Waals surface area contributed by atoms with E-state index in [2.05, 4.69) is 20.3 Å². The van der Waals surface area contributed by atoms with Gasteiger partial charge in [0.25, 0.3) is 0 Å². The molecule has 0 aliphatic carbocycles. The van der Waals surface area contributed by atoms with E-state index in [0.29, 0.717) is 30.0 Å². The normalized spacial score (nSPS) is 16.3. The predicted molar refractivity (Wildman–Crippen MR) is 125 cm³/mol. The van der Waals surface area contributed by atoms with Crippen molar-refractivity contribution in [2.45, 2.75) is 37.7 Å². The fraction of sp³-hybridized carbons (Fsp3) is 0.375. The van der Waals surface area contributed by atoms with Crippen molar-refractivity contribution in [3.63, 3.8) is 0 Å². The number of fused-ring (bicyclic) bond motifs is 1. The fourth-order valence-electron chi connectivity index (χ4n) is 4.30. The van der Waals surface area contributed by atoms with Gasteiger partial charge in [0.05, 0.1) is 16.8 Å². The van der Waals surface area contributed by atoms with Crippen molar-refractivity contribution >= 4 is 23.3 Å². The number of hydrogen-bond donors (Lipinski definition) is 2.